The number of nitrogens with zero attached hydrogens (tertiary/aromatic N) is 2. The van der Waals surface area contributed by atoms with Crippen molar-refractivity contribution in [2.45, 2.75) is 19.3 Å². The standard InChI is InChI=1S/C22H25ClN2O4/c23-18-8-2-4-10-20(18)29-16-5-11-21(27)24-12-6-13-25(15-14-24)22(28)17-7-1-3-9-19(17)26/h1-4,7-10,26H,5-6,11-16H2. The largest absolute Gasteiger partial charge is 0.507 e. The molecular formula is C22H25ClN2O4. The highest BCUT2D eigenvalue weighted by Gasteiger charge is 2.23. The zero-order chi connectivity index (χ0) is 20.6. The van der Waals surface area contributed by atoms with Gasteiger partial charge < -0.3 is 19.6 Å². The second kappa shape index (κ2) is 10.2. The van der Waals surface area contributed by atoms with Gasteiger partial charge in [-0.2, -0.15) is 0 Å². The van der Waals surface area contributed by atoms with Crippen LogP contribution in [0.15, 0.2) is 48.5 Å². The minimum atomic E-state index is -0.203. The van der Waals surface area contributed by atoms with Crippen molar-refractivity contribution in [1.29, 1.82) is 0 Å². The summed E-state index contributed by atoms with van der Waals surface area (Å²) in [5.74, 6) is 0.457. The van der Waals surface area contributed by atoms with Crippen molar-refractivity contribution < 1.29 is 19.4 Å². The molecule has 1 fully saturated rings. The number of aromatic hydroxyl groups is 1. The van der Waals surface area contributed by atoms with E-state index in [1.807, 2.05) is 12.1 Å². The molecule has 0 saturated carbocycles. The zero-order valence-electron chi connectivity index (χ0n) is 16.2. The monoisotopic (exact) mass is 416 g/mol. The summed E-state index contributed by atoms with van der Waals surface area (Å²) in [7, 11) is 0. The van der Waals surface area contributed by atoms with Gasteiger partial charge >= 0.3 is 0 Å². The van der Waals surface area contributed by atoms with Crippen LogP contribution in [-0.4, -0.2) is 59.5 Å². The number of hydrogen-bond acceptors (Lipinski definition) is 4. The van der Waals surface area contributed by atoms with E-state index in [0.717, 1.165) is 0 Å². The molecule has 154 valence electrons. The maximum Gasteiger partial charge on any atom is 0.257 e. The highest BCUT2D eigenvalue weighted by molar-refractivity contribution is 6.32. The predicted octanol–water partition coefficient (Wildman–Crippen LogP) is 3.58. The van der Waals surface area contributed by atoms with Crippen LogP contribution in [0.5, 0.6) is 11.5 Å². The molecule has 1 saturated heterocycles. The van der Waals surface area contributed by atoms with Gasteiger partial charge in [0, 0.05) is 32.6 Å². The third kappa shape index (κ3) is 5.64. The fourth-order valence-electron chi connectivity index (χ4n) is 3.32. The van der Waals surface area contributed by atoms with E-state index in [9.17, 15) is 14.7 Å². The van der Waals surface area contributed by atoms with Crippen molar-refractivity contribution in [1.82, 2.24) is 9.80 Å². The number of hydrogen-bond donors (Lipinski definition) is 1. The summed E-state index contributed by atoms with van der Waals surface area (Å²) in [6.45, 7) is 2.54. The van der Waals surface area contributed by atoms with E-state index >= 15 is 0 Å². The van der Waals surface area contributed by atoms with E-state index in [0.29, 0.717) is 68.4 Å². The van der Waals surface area contributed by atoms with Crippen LogP contribution >= 0.6 is 11.6 Å². The van der Waals surface area contributed by atoms with Crippen molar-refractivity contribution >= 4 is 23.4 Å². The molecule has 0 radical (unpaired) electrons. The van der Waals surface area contributed by atoms with Gasteiger partial charge in [0.25, 0.3) is 5.91 Å². The van der Waals surface area contributed by atoms with Crippen LogP contribution in [0.3, 0.4) is 0 Å². The Hall–Kier alpha value is -2.73. The van der Waals surface area contributed by atoms with E-state index in [4.69, 9.17) is 16.3 Å². The molecule has 1 N–H and O–H groups in total. The zero-order valence-corrected chi connectivity index (χ0v) is 17.0. The van der Waals surface area contributed by atoms with Crippen molar-refractivity contribution in [3.8, 4) is 11.5 Å². The molecule has 1 aliphatic heterocycles. The van der Waals surface area contributed by atoms with E-state index in [-0.39, 0.29) is 17.6 Å². The molecule has 0 unspecified atom stereocenters. The van der Waals surface area contributed by atoms with Gasteiger partial charge in [0.1, 0.15) is 11.5 Å². The average molecular weight is 417 g/mol. The number of halogens is 1. The first-order valence-corrected chi connectivity index (χ1v) is 10.2. The van der Waals surface area contributed by atoms with E-state index in [1.54, 1.807) is 40.1 Å². The average Bonchev–Trinajstić information content (AvgIpc) is 2.98. The first kappa shape index (κ1) is 21.0. The number of rotatable bonds is 6. The number of carbonyl (C=O) groups is 2. The van der Waals surface area contributed by atoms with Crippen LogP contribution in [0.2, 0.25) is 5.02 Å². The quantitative estimate of drug-likeness (QED) is 0.731. The van der Waals surface area contributed by atoms with Gasteiger partial charge in [-0.05, 0) is 37.1 Å². The molecule has 2 aromatic carbocycles. The Morgan fingerprint density at radius 3 is 2.45 bits per heavy atom. The molecule has 0 aliphatic carbocycles. The Morgan fingerprint density at radius 1 is 0.966 bits per heavy atom. The Balaban J connectivity index is 1.45. The van der Waals surface area contributed by atoms with Crippen LogP contribution in [0, 0.1) is 0 Å². The van der Waals surface area contributed by atoms with Crippen LogP contribution in [0.25, 0.3) is 0 Å². The summed E-state index contributed by atoms with van der Waals surface area (Å²) in [5.41, 5.74) is 0.295. The summed E-state index contributed by atoms with van der Waals surface area (Å²) in [5, 5.41) is 10.5. The second-order valence-electron chi connectivity index (χ2n) is 6.93. The summed E-state index contributed by atoms with van der Waals surface area (Å²) < 4.78 is 5.63. The number of benzene rings is 2. The lowest BCUT2D eigenvalue weighted by molar-refractivity contribution is -0.131. The second-order valence-corrected chi connectivity index (χ2v) is 7.33. The number of phenols is 1. The molecule has 2 aromatic rings. The fourth-order valence-corrected chi connectivity index (χ4v) is 3.51. The number of amides is 2. The molecule has 0 atom stereocenters. The molecule has 6 nitrogen and oxygen atoms in total. The first-order chi connectivity index (χ1) is 14.1. The van der Waals surface area contributed by atoms with Gasteiger partial charge in [0.05, 0.1) is 17.2 Å². The number of ether oxygens (including phenoxy) is 1. The third-order valence-electron chi connectivity index (χ3n) is 4.90. The molecule has 3 rings (SSSR count). The minimum Gasteiger partial charge on any atom is -0.507 e. The van der Waals surface area contributed by atoms with E-state index in [2.05, 4.69) is 0 Å². The number of para-hydroxylation sites is 2. The molecule has 0 bridgehead atoms. The Morgan fingerprint density at radius 2 is 1.66 bits per heavy atom. The van der Waals surface area contributed by atoms with Gasteiger partial charge in [-0.15, -0.1) is 0 Å². The van der Waals surface area contributed by atoms with Gasteiger partial charge in [-0.25, -0.2) is 0 Å². The molecule has 7 heteroatoms. The maximum absolute atomic E-state index is 12.7. The minimum absolute atomic E-state index is 0.0202. The summed E-state index contributed by atoms with van der Waals surface area (Å²) in [4.78, 5) is 28.7. The first-order valence-electron chi connectivity index (χ1n) is 9.78. The van der Waals surface area contributed by atoms with Crippen molar-refractivity contribution in [3.05, 3.63) is 59.1 Å². The van der Waals surface area contributed by atoms with Gasteiger partial charge in [-0.3, -0.25) is 9.59 Å². The van der Waals surface area contributed by atoms with Gasteiger partial charge in [-0.1, -0.05) is 35.9 Å². The highest BCUT2D eigenvalue weighted by Crippen LogP contribution is 2.23. The SMILES string of the molecule is O=C(CCCOc1ccccc1Cl)N1CCCN(C(=O)c2ccccc2O)CC1. The third-order valence-corrected chi connectivity index (χ3v) is 5.21. The summed E-state index contributed by atoms with van der Waals surface area (Å²) in [6, 6.07) is 13.8. The molecule has 0 spiro atoms. The van der Waals surface area contributed by atoms with Crippen LogP contribution in [0.4, 0.5) is 0 Å². The van der Waals surface area contributed by atoms with E-state index < -0.39 is 0 Å². The number of carbonyl (C=O) groups excluding carboxylic acids is 2. The van der Waals surface area contributed by atoms with Crippen molar-refractivity contribution in [2.24, 2.45) is 0 Å². The van der Waals surface area contributed by atoms with E-state index in [1.165, 1.54) is 6.07 Å². The van der Waals surface area contributed by atoms with Gasteiger partial charge in [0.15, 0.2) is 0 Å². The van der Waals surface area contributed by atoms with Crippen LogP contribution in [-0.2, 0) is 4.79 Å². The van der Waals surface area contributed by atoms with Crippen LogP contribution in [0.1, 0.15) is 29.6 Å². The maximum atomic E-state index is 12.7. The lowest BCUT2D eigenvalue weighted by atomic mass is 10.1. The molecular weight excluding hydrogens is 392 g/mol. The lowest BCUT2D eigenvalue weighted by Crippen LogP contribution is -2.37. The molecule has 29 heavy (non-hydrogen) atoms. The molecule has 1 aliphatic rings. The topological polar surface area (TPSA) is 70.1 Å². The molecule has 0 aromatic heterocycles. The molecule has 1 heterocycles. The summed E-state index contributed by atoms with van der Waals surface area (Å²) in [6.07, 6.45) is 1.69. The Bertz CT molecular complexity index is 858. The van der Waals surface area contributed by atoms with Crippen molar-refractivity contribution in [2.75, 3.05) is 32.8 Å². The van der Waals surface area contributed by atoms with Crippen molar-refractivity contribution in [3.63, 3.8) is 0 Å². The van der Waals surface area contributed by atoms with Crippen LogP contribution < -0.4 is 4.74 Å². The summed E-state index contributed by atoms with van der Waals surface area (Å²) >= 11 is 6.05. The lowest BCUT2D eigenvalue weighted by Gasteiger charge is -2.22. The smallest absolute Gasteiger partial charge is 0.257 e. The molecule has 2 amide bonds. The normalized spacial score (nSPS) is 14.4. The predicted molar refractivity (Wildman–Crippen MR) is 111 cm³/mol. The van der Waals surface area contributed by atoms with Gasteiger partial charge in [0.2, 0.25) is 5.91 Å². The fraction of sp³-hybridized carbons (Fsp3) is 0.364. The Kier molecular flexibility index (Phi) is 7.36. The number of phenolic OH excluding ortho intramolecular Hbond substituents is 1. The Labute approximate surface area is 175 Å². The highest BCUT2D eigenvalue weighted by atomic mass is 35.5.